The number of allylic oxidation sites excluding steroid dienone is 2. The second-order valence-corrected chi connectivity index (χ2v) is 2.74. The number of rotatable bonds is 3. The Kier molecular flexibility index (Phi) is 6.81. The molecular weight excluding hydrogens is 184 g/mol. The van der Waals surface area contributed by atoms with E-state index in [1.807, 2.05) is 50.3 Å². The minimum Gasteiger partial charge on any atom is -0.386 e. The molecule has 0 saturated carbocycles. The van der Waals surface area contributed by atoms with Gasteiger partial charge in [0.15, 0.2) is 0 Å². The maximum absolute atomic E-state index is 5.60. The molecule has 0 aromatic heterocycles. The van der Waals surface area contributed by atoms with Crippen molar-refractivity contribution in [2.24, 2.45) is 5.73 Å². The van der Waals surface area contributed by atoms with Gasteiger partial charge in [-0.05, 0) is 17.2 Å². The average molecular weight is 204 g/mol. The predicted molar refractivity (Wildman–Crippen MR) is 68.2 cm³/mol. The molecule has 0 bridgehead atoms. The topological polar surface area (TPSA) is 38.0 Å². The number of benzene rings is 1. The van der Waals surface area contributed by atoms with Crippen molar-refractivity contribution in [3.05, 3.63) is 54.4 Å². The van der Waals surface area contributed by atoms with Gasteiger partial charge in [-0.3, -0.25) is 0 Å². The minimum atomic E-state index is 0.619. The van der Waals surface area contributed by atoms with Crippen molar-refractivity contribution in [3.63, 3.8) is 0 Å². The first kappa shape index (κ1) is 13.3. The molecule has 0 aliphatic carbocycles. The van der Waals surface area contributed by atoms with E-state index >= 15 is 0 Å². The van der Waals surface area contributed by atoms with E-state index in [4.69, 9.17) is 5.73 Å². The molecular formula is C13H20N2. The van der Waals surface area contributed by atoms with Crippen LogP contribution in [0.25, 0.3) is 5.57 Å². The number of hydrogen-bond acceptors (Lipinski definition) is 2. The fourth-order valence-electron chi connectivity index (χ4n) is 0.995. The molecule has 1 rings (SSSR count). The van der Waals surface area contributed by atoms with Crippen molar-refractivity contribution < 1.29 is 0 Å². The third kappa shape index (κ3) is 4.91. The standard InChI is InChI=1S/C11H14N2.C2H6/c1-9(8-11(12)13-2)10-6-4-3-5-7-10;1-2/h3-8,13H,1,12H2,2H3;1-2H3/b11-8-;. The predicted octanol–water partition coefficient (Wildman–Crippen LogP) is 2.75. The van der Waals surface area contributed by atoms with Gasteiger partial charge in [0.05, 0.1) is 5.82 Å². The van der Waals surface area contributed by atoms with E-state index in [0.717, 1.165) is 11.1 Å². The van der Waals surface area contributed by atoms with Gasteiger partial charge in [-0.1, -0.05) is 50.8 Å². The summed E-state index contributed by atoms with van der Waals surface area (Å²) in [5.74, 6) is 0.619. The van der Waals surface area contributed by atoms with E-state index < -0.39 is 0 Å². The molecule has 0 amide bonds. The van der Waals surface area contributed by atoms with Gasteiger partial charge in [0.1, 0.15) is 0 Å². The molecule has 2 nitrogen and oxygen atoms in total. The maximum Gasteiger partial charge on any atom is 0.0963 e. The summed E-state index contributed by atoms with van der Waals surface area (Å²) in [7, 11) is 1.78. The van der Waals surface area contributed by atoms with E-state index in [0.29, 0.717) is 5.82 Å². The second kappa shape index (κ2) is 7.68. The fraction of sp³-hybridized carbons (Fsp3) is 0.231. The van der Waals surface area contributed by atoms with Crippen LogP contribution in [0.2, 0.25) is 0 Å². The van der Waals surface area contributed by atoms with Crippen LogP contribution in [0.15, 0.2) is 48.8 Å². The van der Waals surface area contributed by atoms with Crippen LogP contribution in [-0.2, 0) is 0 Å². The Morgan fingerprint density at radius 2 is 1.80 bits per heavy atom. The van der Waals surface area contributed by atoms with Crippen LogP contribution in [0.5, 0.6) is 0 Å². The van der Waals surface area contributed by atoms with Crippen LogP contribution < -0.4 is 11.1 Å². The lowest BCUT2D eigenvalue weighted by Crippen LogP contribution is -2.14. The van der Waals surface area contributed by atoms with E-state index in [1.54, 1.807) is 7.05 Å². The SMILES string of the molecule is C=C(/C=C(/N)NC)c1ccccc1.CC. The zero-order chi connectivity index (χ0) is 11.7. The van der Waals surface area contributed by atoms with Crippen molar-refractivity contribution in [3.8, 4) is 0 Å². The van der Waals surface area contributed by atoms with E-state index in [1.165, 1.54) is 0 Å². The molecule has 0 spiro atoms. The number of nitrogens with one attached hydrogen (secondary N) is 1. The van der Waals surface area contributed by atoms with E-state index in [9.17, 15) is 0 Å². The molecule has 0 unspecified atom stereocenters. The second-order valence-electron chi connectivity index (χ2n) is 2.74. The summed E-state index contributed by atoms with van der Waals surface area (Å²) in [5, 5.41) is 2.84. The molecule has 1 aromatic rings. The average Bonchev–Trinajstić information content (AvgIpc) is 2.32. The van der Waals surface area contributed by atoms with E-state index in [2.05, 4.69) is 11.9 Å². The lowest BCUT2D eigenvalue weighted by molar-refractivity contribution is 0.967. The number of nitrogens with two attached hydrogens (primary N) is 1. The zero-order valence-corrected chi connectivity index (χ0v) is 9.75. The Labute approximate surface area is 92.5 Å². The Morgan fingerprint density at radius 3 is 2.27 bits per heavy atom. The van der Waals surface area contributed by atoms with Gasteiger partial charge in [0.25, 0.3) is 0 Å². The smallest absolute Gasteiger partial charge is 0.0963 e. The molecule has 0 saturated heterocycles. The van der Waals surface area contributed by atoms with Gasteiger partial charge >= 0.3 is 0 Å². The van der Waals surface area contributed by atoms with Crippen molar-refractivity contribution in [1.82, 2.24) is 5.32 Å². The highest BCUT2D eigenvalue weighted by molar-refractivity contribution is 5.72. The summed E-state index contributed by atoms with van der Waals surface area (Å²) >= 11 is 0. The van der Waals surface area contributed by atoms with Crippen molar-refractivity contribution in [2.75, 3.05) is 7.05 Å². The molecule has 0 radical (unpaired) electrons. The molecule has 3 N–H and O–H groups in total. The van der Waals surface area contributed by atoms with Crippen LogP contribution in [0.1, 0.15) is 19.4 Å². The van der Waals surface area contributed by atoms with Gasteiger partial charge < -0.3 is 11.1 Å². The molecule has 0 fully saturated rings. The molecule has 2 heteroatoms. The van der Waals surface area contributed by atoms with Crippen LogP contribution in [0, 0.1) is 0 Å². The molecule has 15 heavy (non-hydrogen) atoms. The molecule has 0 atom stereocenters. The highest BCUT2D eigenvalue weighted by atomic mass is 14.9. The van der Waals surface area contributed by atoms with Gasteiger partial charge in [-0.15, -0.1) is 0 Å². The Hall–Kier alpha value is -1.70. The largest absolute Gasteiger partial charge is 0.386 e. The van der Waals surface area contributed by atoms with E-state index in [-0.39, 0.29) is 0 Å². The third-order valence-electron chi connectivity index (χ3n) is 1.76. The van der Waals surface area contributed by atoms with Crippen molar-refractivity contribution >= 4 is 5.57 Å². The summed E-state index contributed by atoms with van der Waals surface area (Å²) in [6.07, 6.45) is 1.81. The summed E-state index contributed by atoms with van der Waals surface area (Å²) in [5.41, 5.74) is 7.59. The number of hydrogen-bond donors (Lipinski definition) is 2. The van der Waals surface area contributed by atoms with Gasteiger partial charge in [0, 0.05) is 7.05 Å². The molecule has 0 aliphatic heterocycles. The lowest BCUT2D eigenvalue weighted by atomic mass is 10.1. The normalized spacial score (nSPS) is 9.93. The van der Waals surface area contributed by atoms with Crippen molar-refractivity contribution in [1.29, 1.82) is 0 Å². The summed E-state index contributed by atoms with van der Waals surface area (Å²) in [6, 6.07) is 9.93. The summed E-state index contributed by atoms with van der Waals surface area (Å²) in [4.78, 5) is 0. The monoisotopic (exact) mass is 204 g/mol. The molecule has 82 valence electrons. The highest BCUT2D eigenvalue weighted by Crippen LogP contribution is 2.12. The van der Waals surface area contributed by atoms with Crippen LogP contribution >= 0.6 is 0 Å². The minimum absolute atomic E-state index is 0.619. The van der Waals surface area contributed by atoms with Gasteiger partial charge in [-0.25, -0.2) is 0 Å². The molecule has 0 heterocycles. The van der Waals surface area contributed by atoms with Gasteiger partial charge in [0.2, 0.25) is 0 Å². The quantitative estimate of drug-likeness (QED) is 0.743. The molecule has 1 aromatic carbocycles. The Balaban J connectivity index is 0.000000921. The highest BCUT2D eigenvalue weighted by Gasteiger charge is 1.93. The first-order chi connectivity index (χ1) is 7.24. The first-order valence-electron chi connectivity index (χ1n) is 5.13. The first-order valence-corrected chi connectivity index (χ1v) is 5.13. The molecule has 0 aliphatic rings. The van der Waals surface area contributed by atoms with Crippen LogP contribution in [-0.4, -0.2) is 7.05 Å². The Bertz CT molecular complexity index is 313. The Morgan fingerprint density at radius 1 is 1.27 bits per heavy atom. The zero-order valence-electron chi connectivity index (χ0n) is 9.75. The fourth-order valence-corrected chi connectivity index (χ4v) is 0.995. The van der Waals surface area contributed by atoms with Crippen LogP contribution in [0.4, 0.5) is 0 Å². The van der Waals surface area contributed by atoms with Crippen LogP contribution in [0.3, 0.4) is 0 Å². The summed E-state index contributed by atoms with van der Waals surface area (Å²) in [6.45, 7) is 7.92. The van der Waals surface area contributed by atoms with Gasteiger partial charge in [-0.2, -0.15) is 0 Å². The van der Waals surface area contributed by atoms with Crippen molar-refractivity contribution in [2.45, 2.75) is 13.8 Å². The maximum atomic E-state index is 5.60. The summed E-state index contributed by atoms with van der Waals surface area (Å²) < 4.78 is 0. The lowest BCUT2D eigenvalue weighted by Gasteiger charge is -2.02. The third-order valence-corrected chi connectivity index (χ3v) is 1.76.